The number of hydrogen-bond donors (Lipinski definition) is 1. The molecule has 0 bridgehead atoms. The SMILES string of the molecule is C=CC(=O)Nc1ccc2c(c1-c1cc(OC)c(=O)n(C)c1)OCCC2. The molecule has 0 saturated carbocycles. The number of hydrogen-bond acceptors (Lipinski definition) is 4. The average molecular weight is 340 g/mol. The molecule has 6 heteroatoms. The lowest BCUT2D eigenvalue weighted by atomic mass is 9.96. The van der Waals surface area contributed by atoms with Crippen LogP contribution in [0, 0.1) is 0 Å². The van der Waals surface area contributed by atoms with Crippen LogP contribution in [0.15, 0.2) is 41.8 Å². The zero-order valence-corrected chi connectivity index (χ0v) is 14.3. The third-order valence-corrected chi connectivity index (χ3v) is 4.18. The highest BCUT2D eigenvalue weighted by Gasteiger charge is 2.21. The fraction of sp³-hybridized carbons (Fsp3) is 0.263. The third-order valence-electron chi connectivity index (χ3n) is 4.18. The monoisotopic (exact) mass is 340 g/mol. The molecule has 2 heterocycles. The van der Waals surface area contributed by atoms with Crippen LogP contribution in [0.25, 0.3) is 11.1 Å². The standard InChI is InChI=1S/C19H20N2O4/c1-4-16(22)20-14-8-7-12-6-5-9-25-18(12)17(14)13-10-15(24-3)19(23)21(2)11-13/h4,7-8,10-11H,1,5-6,9H2,2-3H3,(H,20,22). The number of pyridine rings is 1. The molecule has 1 aromatic heterocycles. The molecule has 1 N–H and O–H groups in total. The second-order valence-electron chi connectivity index (χ2n) is 5.83. The van der Waals surface area contributed by atoms with Crippen LogP contribution in [0.3, 0.4) is 0 Å². The van der Waals surface area contributed by atoms with E-state index in [2.05, 4.69) is 11.9 Å². The van der Waals surface area contributed by atoms with Crippen molar-refractivity contribution in [1.82, 2.24) is 4.57 Å². The number of anilines is 1. The number of nitrogens with zero attached hydrogens (tertiary/aromatic N) is 1. The van der Waals surface area contributed by atoms with E-state index in [4.69, 9.17) is 9.47 Å². The predicted octanol–water partition coefficient (Wildman–Crippen LogP) is 2.51. The zero-order valence-electron chi connectivity index (χ0n) is 14.3. The van der Waals surface area contributed by atoms with Gasteiger partial charge in [0.1, 0.15) is 5.75 Å². The Hall–Kier alpha value is -3.02. The Balaban J connectivity index is 2.25. The van der Waals surface area contributed by atoms with E-state index in [1.54, 1.807) is 19.3 Å². The van der Waals surface area contributed by atoms with Crippen LogP contribution in [0.5, 0.6) is 11.5 Å². The van der Waals surface area contributed by atoms with Crippen LogP contribution >= 0.6 is 0 Å². The number of rotatable bonds is 4. The number of benzene rings is 1. The summed E-state index contributed by atoms with van der Waals surface area (Å²) < 4.78 is 12.6. The van der Waals surface area contributed by atoms with E-state index < -0.39 is 0 Å². The molecule has 2 aromatic rings. The van der Waals surface area contributed by atoms with Crippen LogP contribution in [0.1, 0.15) is 12.0 Å². The number of nitrogens with one attached hydrogen (secondary N) is 1. The number of methoxy groups -OCH3 is 1. The Kier molecular flexibility index (Phi) is 4.61. The molecule has 1 aliphatic rings. The molecule has 1 amide bonds. The molecule has 3 rings (SSSR count). The average Bonchev–Trinajstić information content (AvgIpc) is 2.63. The maximum Gasteiger partial charge on any atom is 0.292 e. The molecule has 25 heavy (non-hydrogen) atoms. The van der Waals surface area contributed by atoms with Gasteiger partial charge in [-0.3, -0.25) is 9.59 Å². The quantitative estimate of drug-likeness (QED) is 0.868. The molecule has 0 aliphatic carbocycles. The normalized spacial score (nSPS) is 12.7. The molecule has 0 atom stereocenters. The van der Waals surface area contributed by atoms with Gasteiger partial charge in [-0.25, -0.2) is 0 Å². The van der Waals surface area contributed by atoms with Gasteiger partial charge in [0.05, 0.1) is 19.4 Å². The van der Waals surface area contributed by atoms with Crippen molar-refractivity contribution in [3.63, 3.8) is 0 Å². The molecule has 1 aliphatic heterocycles. The Bertz CT molecular complexity index is 899. The number of ether oxygens (including phenoxy) is 2. The highest BCUT2D eigenvalue weighted by molar-refractivity contribution is 6.02. The van der Waals surface area contributed by atoms with Gasteiger partial charge in [0.25, 0.3) is 5.56 Å². The maximum absolute atomic E-state index is 12.1. The molecule has 6 nitrogen and oxygen atoms in total. The van der Waals surface area contributed by atoms with E-state index in [1.165, 1.54) is 17.8 Å². The summed E-state index contributed by atoms with van der Waals surface area (Å²) in [6.07, 6.45) is 4.77. The molecule has 0 fully saturated rings. The van der Waals surface area contributed by atoms with Gasteiger partial charge in [0, 0.05) is 24.4 Å². The Labute approximate surface area is 145 Å². The summed E-state index contributed by atoms with van der Waals surface area (Å²) in [6.45, 7) is 4.10. The Morgan fingerprint density at radius 3 is 2.96 bits per heavy atom. The lowest BCUT2D eigenvalue weighted by Crippen LogP contribution is -2.18. The fourth-order valence-electron chi connectivity index (χ4n) is 2.96. The van der Waals surface area contributed by atoms with Crippen molar-refractivity contribution in [2.45, 2.75) is 12.8 Å². The molecule has 1 aromatic carbocycles. The van der Waals surface area contributed by atoms with Crippen LogP contribution < -0.4 is 20.3 Å². The highest BCUT2D eigenvalue weighted by atomic mass is 16.5. The number of fused-ring (bicyclic) bond motifs is 1. The lowest BCUT2D eigenvalue weighted by Gasteiger charge is -2.23. The number of aromatic nitrogens is 1. The van der Waals surface area contributed by atoms with E-state index >= 15 is 0 Å². The lowest BCUT2D eigenvalue weighted by molar-refractivity contribution is -0.111. The molecular weight excluding hydrogens is 320 g/mol. The molecule has 130 valence electrons. The van der Waals surface area contributed by atoms with Crippen molar-refractivity contribution in [2.75, 3.05) is 19.0 Å². The van der Waals surface area contributed by atoms with E-state index in [9.17, 15) is 9.59 Å². The van der Waals surface area contributed by atoms with E-state index in [0.29, 0.717) is 12.3 Å². The molecule has 0 saturated heterocycles. The first-order valence-electron chi connectivity index (χ1n) is 8.02. The smallest absolute Gasteiger partial charge is 0.292 e. The van der Waals surface area contributed by atoms with Gasteiger partial charge in [0.2, 0.25) is 5.91 Å². The van der Waals surface area contributed by atoms with Crippen molar-refractivity contribution < 1.29 is 14.3 Å². The van der Waals surface area contributed by atoms with Gasteiger partial charge in [-0.05, 0) is 36.6 Å². The number of amides is 1. The predicted molar refractivity (Wildman–Crippen MR) is 96.3 cm³/mol. The van der Waals surface area contributed by atoms with Crippen molar-refractivity contribution in [1.29, 1.82) is 0 Å². The highest BCUT2D eigenvalue weighted by Crippen LogP contribution is 2.42. The summed E-state index contributed by atoms with van der Waals surface area (Å²) in [5, 5.41) is 2.82. The van der Waals surface area contributed by atoms with Gasteiger partial charge in [-0.1, -0.05) is 12.6 Å². The first kappa shape index (κ1) is 16.8. The van der Waals surface area contributed by atoms with Crippen molar-refractivity contribution in [2.24, 2.45) is 7.05 Å². The van der Waals surface area contributed by atoms with E-state index in [0.717, 1.165) is 35.3 Å². The van der Waals surface area contributed by atoms with Crippen molar-refractivity contribution >= 4 is 11.6 Å². The minimum Gasteiger partial charge on any atom is -0.493 e. The molecule has 0 spiro atoms. The van der Waals surface area contributed by atoms with Gasteiger partial charge in [0.15, 0.2) is 5.75 Å². The minimum atomic E-state index is -0.311. The number of carbonyl (C=O) groups excluding carboxylic acids is 1. The summed E-state index contributed by atoms with van der Waals surface area (Å²) >= 11 is 0. The van der Waals surface area contributed by atoms with Crippen molar-refractivity contribution in [3.05, 3.63) is 53.0 Å². The van der Waals surface area contributed by atoms with Crippen molar-refractivity contribution in [3.8, 4) is 22.6 Å². The van der Waals surface area contributed by atoms with Crippen LogP contribution in [0.2, 0.25) is 0 Å². The minimum absolute atomic E-state index is 0.228. The summed E-state index contributed by atoms with van der Waals surface area (Å²) in [7, 11) is 3.12. The molecular formula is C19H20N2O4. The number of carbonyl (C=O) groups is 1. The first-order chi connectivity index (χ1) is 12.0. The third kappa shape index (κ3) is 3.15. The topological polar surface area (TPSA) is 69.6 Å². The van der Waals surface area contributed by atoms with Gasteiger partial charge >= 0.3 is 0 Å². The summed E-state index contributed by atoms with van der Waals surface area (Å²) in [6, 6.07) is 5.47. The summed E-state index contributed by atoms with van der Waals surface area (Å²) in [5.41, 5.74) is 2.92. The second-order valence-corrected chi connectivity index (χ2v) is 5.83. The number of aryl methyl sites for hydroxylation is 2. The van der Waals surface area contributed by atoms with Crippen LogP contribution in [0.4, 0.5) is 5.69 Å². The molecule has 0 unspecified atom stereocenters. The van der Waals surface area contributed by atoms with E-state index in [-0.39, 0.29) is 17.2 Å². The second kappa shape index (κ2) is 6.84. The van der Waals surface area contributed by atoms with Gasteiger partial charge < -0.3 is 19.4 Å². The maximum atomic E-state index is 12.1. The van der Waals surface area contributed by atoms with Gasteiger partial charge in [-0.15, -0.1) is 0 Å². The Morgan fingerprint density at radius 2 is 2.24 bits per heavy atom. The molecule has 0 radical (unpaired) electrons. The fourth-order valence-corrected chi connectivity index (χ4v) is 2.96. The Morgan fingerprint density at radius 1 is 1.44 bits per heavy atom. The first-order valence-corrected chi connectivity index (χ1v) is 8.02. The van der Waals surface area contributed by atoms with Gasteiger partial charge in [-0.2, -0.15) is 0 Å². The summed E-state index contributed by atoms with van der Waals surface area (Å²) in [5.74, 6) is 0.650. The van der Waals surface area contributed by atoms with E-state index in [1.807, 2.05) is 12.1 Å². The van der Waals surface area contributed by atoms with Crippen LogP contribution in [-0.4, -0.2) is 24.2 Å². The zero-order chi connectivity index (χ0) is 18.0. The van der Waals surface area contributed by atoms with Crippen LogP contribution in [-0.2, 0) is 18.3 Å². The summed E-state index contributed by atoms with van der Waals surface area (Å²) in [4.78, 5) is 23.9. The largest absolute Gasteiger partial charge is 0.493 e.